The van der Waals surface area contributed by atoms with E-state index in [1.165, 1.54) is 12.1 Å². The van der Waals surface area contributed by atoms with Gasteiger partial charge in [-0.15, -0.1) is 4.91 Å². The van der Waals surface area contributed by atoms with E-state index in [-0.39, 0.29) is 35.7 Å². The number of benzene rings is 1. The Balaban J connectivity index is 2.27. The molecular weight excluding hydrogens is 397 g/mol. The zero-order valence-corrected chi connectivity index (χ0v) is 17.1. The number of carbonyl (C=O) groups excluding carboxylic acids is 3. The molecule has 160 valence electrons. The maximum atomic E-state index is 12.6. The van der Waals surface area contributed by atoms with E-state index in [1.807, 2.05) is 0 Å². The number of esters is 2. The number of hydrogen-bond donors (Lipinski definition) is 1. The van der Waals surface area contributed by atoms with Crippen LogP contribution in [0, 0.1) is 15.2 Å². The lowest BCUT2D eigenvalue weighted by Crippen LogP contribution is -2.52. The van der Waals surface area contributed by atoms with E-state index in [4.69, 9.17) is 14.1 Å². The summed E-state index contributed by atoms with van der Waals surface area (Å²) in [5.41, 5.74) is -0.940. The standard InChI is InChI=1S/C18H22BN3O8/c1-5-13(23)20-12-8-10-6-7-11(21-26)14(15(10)30-19(12)22-27)16(24)28-9-29-17(25)18(2,3)4/h6-7,12H,5,8-9H2,1-4H3,(H,20,23)/t12-/m0/s1. The van der Waals surface area contributed by atoms with Gasteiger partial charge in [0.15, 0.2) is 0 Å². The summed E-state index contributed by atoms with van der Waals surface area (Å²) in [6, 6.07) is 2.79. The first-order valence-corrected chi connectivity index (χ1v) is 9.24. The minimum atomic E-state index is -1.32. The van der Waals surface area contributed by atoms with E-state index in [1.54, 1.807) is 27.7 Å². The Morgan fingerprint density at radius 3 is 2.50 bits per heavy atom. The van der Waals surface area contributed by atoms with Crippen LogP contribution in [0.3, 0.4) is 0 Å². The molecular formula is C18H22BN3O8. The molecule has 2 rings (SSSR count). The van der Waals surface area contributed by atoms with E-state index in [0.717, 1.165) is 0 Å². The highest BCUT2D eigenvalue weighted by atomic mass is 16.7. The molecule has 1 heterocycles. The summed E-state index contributed by atoms with van der Waals surface area (Å²) < 4.78 is 15.3. The Labute approximate surface area is 172 Å². The molecule has 0 saturated carbocycles. The molecule has 11 nitrogen and oxygen atoms in total. The molecule has 0 radical (unpaired) electrons. The van der Waals surface area contributed by atoms with Crippen LogP contribution in [0.25, 0.3) is 0 Å². The average molecular weight is 419 g/mol. The number of fused-ring (bicyclic) bond motifs is 1. The third kappa shape index (κ3) is 5.19. The lowest BCUT2D eigenvalue weighted by atomic mass is 9.68. The van der Waals surface area contributed by atoms with Crippen molar-refractivity contribution in [2.24, 2.45) is 15.7 Å². The summed E-state index contributed by atoms with van der Waals surface area (Å²) in [4.78, 5) is 58.5. The van der Waals surface area contributed by atoms with Gasteiger partial charge < -0.3 is 19.4 Å². The fourth-order valence-corrected chi connectivity index (χ4v) is 2.68. The molecule has 0 unspecified atom stereocenters. The molecule has 0 saturated heterocycles. The van der Waals surface area contributed by atoms with Gasteiger partial charge in [0.1, 0.15) is 17.0 Å². The average Bonchev–Trinajstić information content (AvgIpc) is 2.71. The second kappa shape index (κ2) is 9.46. The summed E-state index contributed by atoms with van der Waals surface area (Å²) in [6.07, 6.45) is 0.337. The Hall–Kier alpha value is -3.31. The van der Waals surface area contributed by atoms with Crippen molar-refractivity contribution in [3.8, 4) is 5.75 Å². The van der Waals surface area contributed by atoms with E-state index < -0.39 is 37.1 Å². The molecule has 1 N–H and O–H groups in total. The van der Waals surface area contributed by atoms with Crippen molar-refractivity contribution in [1.29, 1.82) is 0 Å². The van der Waals surface area contributed by atoms with Crippen LogP contribution < -0.4 is 9.97 Å². The highest BCUT2D eigenvalue weighted by Crippen LogP contribution is 2.37. The Morgan fingerprint density at radius 1 is 1.23 bits per heavy atom. The summed E-state index contributed by atoms with van der Waals surface area (Å²) in [7, 11) is -1.32. The zero-order valence-electron chi connectivity index (χ0n) is 17.1. The van der Waals surface area contributed by atoms with Gasteiger partial charge in [0.25, 0.3) is 0 Å². The number of nitroso groups, excluding NO2 is 2. The molecule has 1 aliphatic rings. The normalized spacial score (nSPS) is 15.3. The first-order valence-electron chi connectivity index (χ1n) is 9.24. The number of ether oxygens (including phenoxy) is 2. The molecule has 1 aromatic carbocycles. The topological polar surface area (TPSA) is 150 Å². The number of carbonyl (C=O) groups is 3. The van der Waals surface area contributed by atoms with Gasteiger partial charge in [-0.05, 0) is 44.0 Å². The van der Waals surface area contributed by atoms with Crippen LogP contribution in [-0.4, -0.2) is 37.6 Å². The fraction of sp³-hybridized carbons (Fsp3) is 0.500. The monoisotopic (exact) mass is 419 g/mol. The lowest BCUT2D eigenvalue weighted by Gasteiger charge is -2.28. The fourth-order valence-electron chi connectivity index (χ4n) is 2.68. The molecule has 1 atom stereocenters. The van der Waals surface area contributed by atoms with Crippen molar-refractivity contribution in [2.75, 3.05) is 6.79 Å². The molecule has 1 aromatic rings. The number of nitrogens with one attached hydrogen (secondary N) is 1. The molecule has 0 fully saturated rings. The van der Waals surface area contributed by atoms with E-state index >= 15 is 0 Å². The van der Waals surface area contributed by atoms with Crippen LogP contribution >= 0.6 is 0 Å². The third-order valence-corrected chi connectivity index (χ3v) is 4.31. The van der Waals surface area contributed by atoms with Crippen molar-refractivity contribution < 1.29 is 28.5 Å². The van der Waals surface area contributed by atoms with Crippen molar-refractivity contribution in [2.45, 2.75) is 46.5 Å². The zero-order chi connectivity index (χ0) is 22.5. The Kier molecular flexibility index (Phi) is 7.25. The first-order chi connectivity index (χ1) is 14.1. The van der Waals surface area contributed by atoms with Gasteiger partial charge in [-0.2, -0.15) is 4.91 Å². The van der Waals surface area contributed by atoms with Crippen molar-refractivity contribution in [3.63, 3.8) is 0 Å². The Morgan fingerprint density at radius 2 is 1.93 bits per heavy atom. The van der Waals surface area contributed by atoms with Gasteiger partial charge >= 0.3 is 19.0 Å². The minimum absolute atomic E-state index is 0.0918. The van der Waals surface area contributed by atoms with E-state index in [9.17, 15) is 24.2 Å². The molecule has 1 amide bonds. The predicted molar refractivity (Wildman–Crippen MR) is 106 cm³/mol. The summed E-state index contributed by atoms with van der Waals surface area (Å²) in [5, 5.41) is 8.30. The third-order valence-electron chi connectivity index (χ3n) is 4.31. The van der Waals surface area contributed by atoms with Crippen LogP contribution in [0.5, 0.6) is 5.75 Å². The molecule has 0 spiro atoms. The molecule has 30 heavy (non-hydrogen) atoms. The highest BCUT2D eigenvalue weighted by molar-refractivity contribution is 6.53. The number of nitrogens with zero attached hydrogens (tertiary/aromatic N) is 2. The largest absolute Gasteiger partial charge is 0.570 e. The molecule has 0 bridgehead atoms. The van der Waals surface area contributed by atoms with Crippen molar-refractivity contribution in [1.82, 2.24) is 5.32 Å². The number of hydrogen-bond acceptors (Lipinski definition) is 10. The molecule has 0 aromatic heterocycles. The maximum Gasteiger partial charge on any atom is 0.570 e. The van der Waals surface area contributed by atoms with Crippen LogP contribution in [0.2, 0.25) is 0 Å². The first kappa shape index (κ1) is 23.0. The van der Waals surface area contributed by atoms with E-state index in [2.05, 4.69) is 15.6 Å². The van der Waals surface area contributed by atoms with Gasteiger partial charge in [-0.25, -0.2) is 4.79 Å². The molecule has 12 heteroatoms. The van der Waals surface area contributed by atoms with Crippen LogP contribution in [0.4, 0.5) is 5.69 Å². The van der Waals surface area contributed by atoms with Crippen molar-refractivity contribution in [3.05, 3.63) is 33.1 Å². The smallest absolute Gasteiger partial charge is 0.536 e. The van der Waals surface area contributed by atoms with Crippen LogP contribution in [0.1, 0.15) is 50.0 Å². The van der Waals surface area contributed by atoms with Crippen LogP contribution in [-0.2, 0) is 25.5 Å². The minimum Gasteiger partial charge on any atom is -0.536 e. The quantitative estimate of drug-likeness (QED) is 0.306. The van der Waals surface area contributed by atoms with Gasteiger partial charge in [-0.3, -0.25) is 9.59 Å². The number of rotatable bonds is 7. The number of amides is 1. The van der Waals surface area contributed by atoms with Gasteiger partial charge in [-0.1, -0.05) is 18.1 Å². The van der Waals surface area contributed by atoms with E-state index in [0.29, 0.717) is 5.56 Å². The summed E-state index contributed by atoms with van der Waals surface area (Å²) in [6.45, 7) is 5.87. The van der Waals surface area contributed by atoms with Crippen LogP contribution in [0.15, 0.2) is 22.4 Å². The maximum absolute atomic E-state index is 12.6. The highest BCUT2D eigenvalue weighted by Gasteiger charge is 2.41. The van der Waals surface area contributed by atoms with Gasteiger partial charge in [0.2, 0.25) is 12.7 Å². The second-order valence-corrected chi connectivity index (χ2v) is 7.62. The predicted octanol–water partition coefficient (Wildman–Crippen LogP) is 2.41. The van der Waals surface area contributed by atoms with Gasteiger partial charge in [0.05, 0.1) is 11.4 Å². The lowest BCUT2D eigenvalue weighted by molar-refractivity contribution is -0.161. The Bertz CT molecular complexity index is 868. The molecule has 0 aliphatic carbocycles. The van der Waals surface area contributed by atoms with Gasteiger partial charge in [0, 0.05) is 6.42 Å². The van der Waals surface area contributed by atoms with Crippen molar-refractivity contribution >= 4 is 30.6 Å². The SMILES string of the molecule is CCC(=O)N[C@H]1Cc2ccc(N=O)c(C(=O)OCOC(=O)C(C)(C)C)c2OB1N=O. The molecule has 1 aliphatic heterocycles. The summed E-state index contributed by atoms with van der Waals surface area (Å²) in [5.74, 6) is -2.74. The summed E-state index contributed by atoms with van der Waals surface area (Å²) >= 11 is 0. The second-order valence-electron chi connectivity index (χ2n) is 7.62.